The van der Waals surface area contributed by atoms with Crippen LogP contribution in [-0.4, -0.2) is 25.1 Å². The smallest absolute Gasteiger partial charge is 0.274 e. The van der Waals surface area contributed by atoms with Gasteiger partial charge < -0.3 is 20.1 Å². The fraction of sp³-hybridized carbons (Fsp3) is 0.0952. The maximum Gasteiger partial charge on any atom is 0.274 e. The fourth-order valence-corrected chi connectivity index (χ4v) is 2.56. The minimum Gasteiger partial charge on any atom is -0.497 e. The van der Waals surface area contributed by atoms with E-state index in [0.29, 0.717) is 34.1 Å². The van der Waals surface area contributed by atoms with E-state index in [-0.39, 0.29) is 11.6 Å². The van der Waals surface area contributed by atoms with E-state index in [1.54, 1.807) is 68.8 Å². The van der Waals surface area contributed by atoms with Crippen LogP contribution in [0.2, 0.25) is 0 Å². The Morgan fingerprint density at radius 3 is 2.64 bits per heavy atom. The van der Waals surface area contributed by atoms with Gasteiger partial charge in [-0.05, 0) is 42.5 Å². The number of anilines is 3. The Morgan fingerprint density at radius 1 is 1.04 bits per heavy atom. The van der Waals surface area contributed by atoms with Gasteiger partial charge >= 0.3 is 0 Å². The molecule has 140 valence electrons. The number of hydrogen-bond acceptors (Lipinski definition) is 6. The number of ether oxygens (including phenoxy) is 2. The van der Waals surface area contributed by atoms with Crippen LogP contribution < -0.4 is 20.1 Å². The molecule has 7 nitrogen and oxygen atoms in total. The van der Waals surface area contributed by atoms with Crippen LogP contribution >= 0.6 is 0 Å². The first-order valence-corrected chi connectivity index (χ1v) is 8.39. The molecule has 0 spiro atoms. The number of aromatic nitrogens is 1. The molecule has 28 heavy (non-hydrogen) atoms. The molecule has 3 aromatic rings. The van der Waals surface area contributed by atoms with E-state index < -0.39 is 0 Å². The SMILES string of the molecule is COc1ccc(OC)c(Nc2ccnc(C(=O)Nc3cccc(C#N)c3)c2)c1. The summed E-state index contributed by atoms with van der Waals surface area (Å²) in [7, 11) is 3.16. The van der Waals surface area contributed by atoms with Crippen LogP contribution in [0.25, 0.3) is 0 Å². The molecule has 7 heteroatoms. The van der Waals surface area contributed by atoms with Crippen LogP contribution in [0.4, 0.5) is 17.1 Å². The molecule has 2 N–H and O–H groups in total. The summed E-state index contributed by atoms with van der Waals surface area (Å²) < 4.78 is 10.6. The second-order valence-electron chi connectivity index (χ2n) is 5.77. The summed E-state index contributed by atoms with van der Waals surface area (Å²) in [5.74, 6) is 0.931. The number of carbonyl (C=O) groups excluding carboxylic acids is 1. The van der Waals surface area contributed by atoms with Gasteiger partial charge in [-0.2, -0.15) is 5.26 Å². The summed E-state index contributed by atoms with van der Waals surface area (Å²) in [5, 5.41) is 14.9. The van der Waals surface area contributed by atoms with E-state index >= 15 is 0 Å². The van der Waals surface area contributed by atoms with Crippen LogP contribution in [0, 0.1) is 11.3 Å². The molecular weight excluding hydrogens is 356 g/mol. The third kappa shape index (κ3) is 4.37. The second-order valence-corrected chi connectivity index (χ2v) is 5.77. The topological polar surface area (TPSA) is 96.3 Å². The number of amides is 1. The monoisotopic (exact) mass is 374 g/mol. The largest absolute Gasteiger partial charge is 0.497 e. The van der Waals surface area contributed by atoms with Gasteiger partial charge in [0, 0.05) is 23.6 Å². The zero-order valence-electron chi connectivity index (χ0n) is 15.4. The van der Waals surface area contributed by atoms with Crippen molar-refractivity contribution in [1.82, 2.24) is 4.98 Å². The van der Waals surface area contributed by atoms with Gasteiger partial charge in [0.05, 0.1) is 31.5 Å². The Bertz CT molecular complexity index is 1040. The number of nitrogens with one attached hydrogen (secondary N) is 2. The highest BCUT2D eigenvalue weighted by Crippen LogP contribution is 2.31. The molecule has 0 fully saturated rings. The first kappa shape index (κ1) is 18.7. The minimum absolute atomic E-state index is 0.231. The molecule has 1 amide bonds. The average molecular weight is 374 g/mol. The van der Waals surface area contributed by atoms with Gasteiger partial charge in [0.15, 0.2) is 0 Å². The molecule has 0 unspecified atom stereocenters. The highest BCUT2D eigenvalue weighted by atomic mass is 16.5. The number of nitriles is 1. The first-order valence-electron chi connectivity index (χ1n) is 8.39. The Hall–Kier alpha value is -4.05. The van der Waals surface area contributed by atoms with Gasteiger partial charge in [0.2, 0.25) is 0 Å². The average Bonchev–Trinajstić information content (AvgIpc) is 2.74. The summed E-state index contributed by atoms with van der Waals surface area (Å²) in [6.45, 7) is 0. The third-order valence-corrected chi connectivity index (χ3v) is 3.93. The van der Waals surface area contributed by atoms with E-state index in [0.717, 1.165) is 0 Å². The molecule has 0 saturated heterocycles. The molecule has 0 aliphatic rings. The van der Waals surface area contributed by atoms with Crippen LogP contribution in [0.3, 0.4) is 0 Å². The maximum absolute atomic E-state index is 12.5. The number of carbonyl (C=O) groups is 1. The summed E-state index contributed by atoms with van der Waals surface area (Å²) in [5.41, 5.74) is 2.58. The van der Waals surface area contributed by atoms with Crippen molar-refractivity contribution in [2.24, 2.45) is 0 Å². The Morgan fingerprint density at radius 2 is 1.89 bits per heavy atom. The highest BCUT2D eigenvalue weighted by Gasteiger charge is 2.11. The number of hydrogen-bond donors (Lipinski definition) is 2. The Balaban J connectivity index is 1.80. The predicted molar refractivity (Wildman–Crippen MR) is 106 cm³/mol. The molecule has 0 aliphatic carbocycles. The molecule has 3 rings (SSSR count). The molecule has 0 bridgehead atoms. The van der Waals surface area contributed by atoms with Gasteiger partial charge in [-0.1, -0.05) is 6.07 Å². The maximum atomic E-state index is 12.5. The number of methoxy groups -OCH3 is 2. The van der Waals surface area contributed by atoms with Crippen LogP contribution in [-0.2, 0) is 0 Å². The molecule has 1 heterocycles. The summed E-state index contributed by atoms with van der Waals surface area (Å²) in [4.78, 5) is 16.6. The van der Waals surface area contributed by atoms with Crippen LogP contribution in [0.5, 0.6) is 11.5 Å². The summed E-state index contributed by atoms with van der Waals surface area (Å²) >= 11 is 0. The van der Waals surface area contributed by atoms with Crippen molar-refractivity contribution in [1.29, 1.82) is 5.26 Å². The molecular formula is C21H18N4O3. The fourth-order valence-electron chi connectivity index (χ4n) is 2.56. The third-order valence-electron chi connectivity index (χ3n) is 3.93. The van der Waals surface area contributed by atoms with E-state index in [9.17, 15) is 4.79 Å². The van der Waals surface area contributed by atoms with E-state index in [1.807, 2.05) is 6.07 Å². The van der Waals surface area contributed by atoms with Gasteiger partial charge in [-0.3, -0.25) is 9.78 Å². The van der Waals surface area contributed by atoms with Crippen molar-refractivity contribution < 1.29 is 14.3 Å². The summed E-state index contributed by atoms with van der Waals surface area (Å²) in [6, 6.07) is 17.5. The predicted octanol–water partition coefficient (Wildman–Crippen LogP) is 3.97. The van der Waals surface area contributed by atoms with E-state index in [2.05, 4.69) is 15.6 Å². The number of pyridine rings is 1. The molecule has 0 radical (unpaired) electrons. The number of benzene rings is 2. The first-order chi connectivity index (χ1) is 13.6. The lowest BCUT2D eigenvalue weighted by molar-refractivity contribution is 0.102. The standard InChI is InChI=1S/C21H18N4O3/c1-27-17-6-7-20(28-2)18(12-17)24-16-8-9-23-19(11-16)21(26)25-15-5-3-4-14(10-15)13-22/h3-12H,1-2H3,(H,23,24)(H,25,26). The van der Waals surface area contributed by atoms with Crippen molar-refractivity contribution in [3.63, 3.8) is 0 Å². The normalized spacial score (nSPS) is 9.89. The van der Waals surface area contributed by atoms with Gasteiger partial charge in [0.25, 0.3) is 5.91 Å². The molecule has 2 aromatic carbocycles. The Kier molecular flexibility index (Phi) is 5.72. The van der Waals surface area contributed by atoms with Crippen LogP contribution in [0.1, 0.15) is 16.1 Å². The summed E-state index contributed by atoms with van der Waals surface area (Å²) in [6.07, 6.45) is 1.54. The van der Waals surface area contributed by atoms with E-state index in [1.165, 1.54) is 6.20 Å². The van der Waals surface area contributed by atoms with Gasteiger partial charge in [0.1, 0.15) is 17.2 Å². The van der Waals surface area contributed by atoms with Gasteiger partial charge in [-0.25, -0.2) is 0 Å². The zero-order chi connectivity index (χ0) is 19.9. The second kappa shape index (κ2) is 8.56. The molecule has 0 atom stereocenters. The lowest BCUT2D eigenvalue weighted by Gasteiger charge is -2.13. The van der Waals surface area contributed by atoms with Crippen molar-refractivity contribution in [3.8, 4) is 17.6 Å². The van der Waals surface area contributed by atoms with E-state index in [4.69, 9.17) is 14.7 Å². The van der Waals surface area contributed by atoms with Crippen LogP contribution in [0.15, 0.2) is 60.8 Å². The highest BCUT2D eigenvalue weighted by molar-refractivity contribution is 6.03. The number of nitrogens with zero attached hydrogens (tertiary/aromatic N) is 2. The molecule has 1 aromatic heterocycles. The minimum atomic E-state index is -0.378. The molecule has 0 aliphatic heterocycles. The van der Waals surface area contributed by atoms with Crippen molar-refractivity contribution >= 4 is 23.0 Å². The van der Waals surface area contributed by atoms with Crippen molar-refractivity contribution in [2.45, 2.75) is 0 Å². The lowest BCUT2D eigenvalue weighted by Crippen LogP contribution is -2.14. The van der Waals surface area contributed by atoms with Gasteiger partial charge in [-0.15, -0.1) is 0 Å². The quantitative estimate of drug-likeness (QED) is 0.678. The van der Waals surface area contributed by atoms with Crippen molar-refractivity contribution in [2.75, 3.05) is 24.9 Å². The molecule has 0 saturated carbocycles. The number of rotatable bonds is 6. The Labute approximate surface area is 162 Å². The zero-order valence-corrected chi connectivity index (χ0v) is 15.4. The van der Waals surface area contributed by atoms with Crippen molar-refractivity contribution in [3.05, 3.63) is 72.1 Å². The lowest BCUT2D eigenvalue weighted by atomic mass is 10.2.